The molecule has 1 aliphatic heterocycles. The summed E-state index contributed by atoms with van der Waals surface area (Å²) in [6.45, 7) is 1.46. The van der Waals surface area contributed by atoms with Crippen LogP contribution in [0, 0.1) is 0 Å². The van der Waals surface area contributed by atoms with E-state index in [0.29, 0.717) is 13.0 Å². The lowest BCUT2D eigenvalue weighted by Gasteiger charge is -2.16. The summed E-state index contributed by atoms with van der Waals surface area (Å²) in [4.78, 5) is 13.6. The molecule has 1 aliphatic rings. The van der Waals surface area contributed by atoms with Crippen molar-refractivity contribution in [2.75, 3.05) is 16.8 Å². The first-order valence-corrected chi connectivity index (χ1v) is 7.07. The third-order valence-corrected chi connectivity index (χ3v) is 3.66. The van der Waals surface area contributed by atoms with E-state index in [1.165, 1.54) is 11.5 Å². The van der Waals surface area contributed by atoms with E-state index in [2.05, 4.69) is 14.9 Å². The fourth-order valence-corrected chi connectivity index (χ4v) is 2.61. The van der Waals surface area contributed by atoms with E-state index in [4.69, 9.17) is 0 Å². The van der Waals surface area contributed by atoms with Crippen LogP contribution >= 0.6 is 11.5 Å². The third kappa shape index (κ3) is 2.73. The van der Waals surface area contributed by atoms with Gasteiger partial charge in [0.15, 0.2) is 0 Å². The number of amides is 1. The minimum Gasteiger partial charge on any atom is -0.379 e. The molecule has 2 aromatic rings. The fraction of sp³-hybridized carbons (Fsp3) is 0.308. The van der Waals surface area contributed by atoms with Gasteiger partial charge < -0.3 is 10.2 Å². The molecule has 1 saturated heterocycles. The molecule has 1 amide bonds. The van der Waals surface area contributed by atoms with E-state index >= 15 is 0 Å². The third-order valence-electron chi connectivity index (χ3n) is 3.11. The number of nitrogens with zero attached hydrogens (tertiary/aromatic N) is 3. The Kier molecular flexibility index (Phi) is 3.41. The molecule has 0 aliphatic carbocycles. The van der Waals surface area contributed by atoms with Crippen molar-refractivity contribution in [1.29, 1.82) is 0 Å². The molecule has 0 unspecified atom stereocenters. The molecule has 98 valence electrons. The molecule has 0 radical (unpaired) electrons. The van der Waals surface area contributed by atoms with Crippen LogP contribution in [0.15, 0.2) is 29.6 Å². The normalized spacial score (nSPS) is 14.9. The van der Waals surface area contributed by atoms with Crippen LogP contribution in [0.5, 0.6) is 0 Å². The molecule has 5 nitrogen and oxygen atoms in total. The molecule has 0 bridgehead atoms. The Labute approximate surface area is 115 Å². The summed E-state index contributed by atoms with van der Waals surface area (Å²) in [5, 5.41) is 9.19. The Hall–Kier alpha value is -1.95. The zero-order chi connectivity index (χ0) is 13.1. The smallest absolute Gasteiger partial charge is 0.227 e. The molecular formula is C13H14N4OS. The van der Waals surface area contributed by atoms with Crippen molar-refractivity contribution < 1.29 is 4.79 Å². The Morgan fingerprint density at radius 3 is 3.11 bits per heavy atom. The van der Waals surface area contributed by atoms with Gasteiger partial charge in [0.1, 0.15) is 0 Å². The molecule has 6 heteroatoms. The van der Waals surface area contributed by atoms with E-state index in [-0.39, 0.29) is 5.91 Å². The van der Waals surface area contributed by atoms with Gasteiger partial charge in [0.2, 0.25) is 5.91 Å². The number of hydrogen-bond acceptors (Lipinski definition) is 5. The first-order chi connectivity index (χ1) is 9.33. The highest BCUT2D eigenvalue weighted by molar-refractivity contribution is 7.03. The number of carbonyl (C=O) groups is 1. The standard InChI is InChI=1S/C13H14N4OS/c18-13-5-2-6-17(13)12-4-1-3-10(7-12)14-8-11-9-19-16-15-11/h1,3-4,7,9,14H,2,5-6,8H2. The molecule has 1 aromatic heterocycles. The summed E-state index contributed by atoms with van der Waals surface area (Å²) in [7, 11) is 0. The lowest BCUT2D eigenvalue weighted by atomic mass is 10.2. The fourth-order valence-electron chi connectivity index (χ4n) is 2.16. The zero-order valence-electron chi connectivity index (χ0n) is 10.4. The molecular weight excluding hydrogens is 260 g/mol. The molecule has 0 atom stereocenters. The maximum absolute atomic E-state index is 11.7. The summed E-state index contributed by atoms with van der Waals surface area (Å²) >= 11 is 1.34. The van der Waals surface area contributed by atoms with Crippen molar-refractivity contribution >= 4 is 28.8 Å². The van der Waals surface area contributed by atoms with Crippen LogP contribution < -0.4 is 10.2 Å². The minimum absolute atomic E-state index is 0.209. The predicted octanol–water partition coefficient (Wildman–Crippen LogP) is 2.28. The first kappa shape index (κ1) is 12.1. The van der Waals surface area contributed by atoms with Crippen molar-refractivity contribution in [1.82, 2.24) is 9.59 Å². The van der Waals surface area contributed by atoms with E-state index in [1.54, 1.807) is 0 Å². The SMILES string of the molecule is O=C1CCCN1c1cccc(NCc2csnn2)c1. The number of nitrogens with one attached hydrogen (secondary N) is 1. The van der Waals surface area contributed by atoms with Gasteiger partial charge in [0.05, 0.1) is 12.2 Å². The van der Waals surface area contributed by atoms with Gasteiger partial charge in [0, 0.05) is 29.7 Å². The average Bonchev–Trinajstić information content (AvgIpc) is 3.08. The molecule has 1 aromatic carbocycles. The molecule has 0 spiro atoms. The number of carbonyl (C=O) groups excluding carboxylic acids is 1. The maximum Gasteiger partial charge on any atom is 0.227 e. The Morgan fingerprint density at radius 2 is 2.37 bits per heavy atom. The average molecular weight is 274 g/mol. The van der Waals surface area contributed by atoms with Gasteiger partial charge in [-0.15, -0.1) is 5.10 Å². The predicted molar refractivity (Wildman–Crippen MR) is 75.3 cm³/mol. The highest BCUT2D eigenvalue weighted by atomic mass is 32.1. The van der Waals surface area contributed by atoms with Crippen molar-refractivity contribution in [3.63, 3.8) is 0 Å². The Morgan fingerprint density at radius 1 is 1.42 bits per heavy atom. The lowest BCUT2D eigenvalue weighted by Crippen LogP contribution is -2.23. The van der Waals surface area contributed by atoms with Crippen LogP contribution in [0.2, 0.25) is 0 Å². The number of aromatic nitrogens is 2. The van der Waals surface area contributed by atoms with Crippen LogP contribution in [-0.2, 0) is 11.3 Å². The van der Waals surface area contributed by atoms with E-state index in [0.717, 1.165) is 30.0 Å². The molecule has 2 heterocycles. The van der Waals surface area contributed by atoms with Crippen LogP contribution in [0.3, 0.4) is 0 Å². The van der Waals surface area contributed by atoms with Gasteiger partial charge in [-0.2, -0.15) is 0 Å². The Bertz CT molecular complexity index is 570. The van der Waals surface area contributed by atoms with Gasteiger partial charge >= 0.3 is 0 Å². The van der Waals surface area contributed by atoms with Gasteiger partial charge in [-0.3, -0.25) is 4.79 Å². The number of anilines is 2. The molecule has 3 rings (SSSR count). The second kappa shape index (κ2) is 5.36. The van der Waals surface area contributed by atoms with Gasteiger partial charge in [0.25, 0.3) is 0 Å². The maximum atomic E-state index is 11.7. The molecule has 0 saturated carbocycles. The van der Waals surface area contributed by atoms with Gasteiger partial charge in [-0.25, -0.2) is 0 Å². The quantitative estimate of drug-likeness (QED) is 0.929. The van der Waals surface area contributed by atoms with Gasteiger partial charge in [-0.1, -0.05) is 10.6 Å². The first-order valence-electron chi connectivity index (χ1n) is 6.23. The van der Waals surface area contributed by atoms with Crippen LogP contribution in [-0.4, -0.2) is 22.0 Å². The second-order valence-corrected chi connectivity index (χ2v) is 5.06. The van der Waals surface area contributed by atoms with Crippen LogP contribution in [0.1, 0.15) is 18.5 Å². The zero-order valence-corrected chi connectivity index (χ0v) is 11.2. The highest BCUT2D eigenvalue weighted by Gasteiger charge is 2.21. The largest absolute Gasteiger partial charge is 0.379 e. The highest BCUT2D eigenvalue weighted by Crippen LogP contribution is 2.24. The van der Waals surface area contributed by atoms with Crippen LogP contribution in [0.4, 0.5) is 11.4 Å². The Balaban J connectivity index is 1.71. The molecule has 1 fully saturated rings. The summed E-state index contributed by atoms with van der Waals surface area (Å²) in [6, 6.07) is 7.92. The van der Waals surface area contributed by atoms with E-state index < -0.39 is 0 Å². The summed E-state index contributed by atoms with van der Waals surface area (Å²) < 4.78 is 3.82. The summed E-state index contributed by atoms with van der Waals surface area (Å²) in [5.74, 6) is 0.209. The van der Waals surface area contributed by atoms with Gasteiger partial charge in [-0.05, 0) is 36.2 Å². The monoisotopic (exact) mass is 274 g/mol. The minimum atomic E-state index is 0.209. The number of benzene rings is 1. The topological polar surface area (TPSA) is 58.1 Å². The number of rotatable bonds is 4. The van der Waals surface area contributed by atoms with E-state index in [9.17, 15) is 4.79 Å². The van der Waals surface area contributed by atoms with E-state index in [1.807, 2.05) is 34.5 Å². The molecule has 19 heavy (non-hydrogen) atoms. The second-order valence-electron chi connectivity index (χ2n) is 4.45. The van der Waals surface area contributed by atoms with Crippen molar-refractivity contribution in [2.24, 2.45) is 0 Å². The number of hydrogen-bond donors (Lipinski definition) is 1. The summed E-state index contributed by atoms with van der Waals surface area (Å²) in [5.41, 5.74) is 2.88. The van der Waals surface area contributed by atoms with Crippen molar-refractivity contribution in [2.45, 2.75) is 19.4 Å². The van der Waals surface area contributed by atoms with Crippen molar-refractivity contribution in [3.05, 3.63) is 35.3 Å². The van der Waals surface area contributed by atoms with Crippen molar-refractivity contribution in [3.8, 4) is 0 Å². The molecule has 1 N–H and O–H groups in total. The summed E-state index contributed by atoms with van der Waals surface area (Å²) in [6.07, 6.45) is 1.60. The lowest BCUT2D eigenvalue weighted by molar-refractivity contribution is -0.117. The van der Waals surface area contributed by atoms with Crippen LogP contribution in [0.25, 0.3) is 0 Å².